The summed E-state index contributed by atoms with van der Waals surface area (Å²) in [4.78, 5) is 0. The van der Waals surface area contributed by atoms with Crippen LogP contribution in [0, 0.1) is 12.3 Å². The quantitative estimate of drug-likeness (QED) is 0.333. The van der Waals surface area contributed by atoms with Gasteiger partial charge in [-0.05, 0) is 35.6 Å². The van der Waals surface area contributed by atoms with Crippen LogP contribution in [0.2, 0.25) is 0 Å². The number of halogens is 1. The van der Waals surface area contributed by atoms with E-state index in [9.17, 15) is 0 Å². The molecule has 1 spiro atoms. The molecule has 3 atom stereocenters. The Hall–Kier alpha value is -0.0900. The number of ether oxygens (including phenoxy) is 3. The minimum absolute atomic E-state index is 0.0591. The second kappa shape index (κ2) is 5.05. The summed E-state index contributed by atoms with van der Waals surface area (Å²) >= 11 is 2.29. The van der Waals surface area contributed by atoms with Crippen LogP contribution in [0.3, 0.4) is 0 Å². The highest BCUT2D eigenvalue weighted by molar-refractivity contribution is 14.1. The topological polar surface area (TPSA) is 31.0 Å². The summed E-state index contributed by atoms with van der Waals surface area (Å²) in [6, 6.07) is 0. The van der Waals surface area contributed by atoms with Crippen molar-refractivity contribution in [2.75, 3.05) is 19.8 Å². The van der Waals surface area contributed by atoms with Gasteiger partial charge >= 0.3 is 0 Å². The molecule has 1 aliphatic carbocycles. The molecule has 1 saturated heterocycles. The first-order valence-electron chi connectivity index (χ1n) is 5.44. The molecule has 2 aliphatic rings. The maximum Gasteiger partial charge on any atom is 0.152 e. The Kier molecular flexibility index (Phi) is 3.90. The van der Waals surface area contributed by atoms with E-state index in [4.69, 9.17) is 20.6 Å². The summed E-state index contributed by atoms with van der Waals surface area (Å²) in [6.07, 6.45) is 8.37. The fraction of sp³-hybridized carbons (Fsp3) is 0.667. The van der Waals surface area contributed by atoms with Crippen LogP contribution in [0.1, 0.15) is 13.3 Å². The van der Waals surface area contributed by atoms with Crippen LogP contribution in [0.15, 0.2) is 9.66 Å². The van der Waals surface area contributed by atoms with Crippen molar-refractivity contribution in [2.45, 2.75) is 31.2 Å². The maximum atomic E-state index is 5.69. The van der Waals surface area contributed by atoms with Crippen molar-refractivity contribution in [1.29, 1.82) is 0 Å². The Balaban J connectivity index is 1.78. The van der Waals surface area contributed by atoms with Crippen LogP contribution < -0.4 is 0 Å². The summed E-state index contributed by atoms with van der Waals surface area (Å²) in [6.45, 7) is 3.97. The lowest BCUT2D eigenvalue weighted by atomic mass is 10.1. The van der Waals surface area contributed by atoms with E-state index >= 15 is 0 Å². The van der Waals surface area contributed by atoms with Gasteiger partial charge in [0.25, 0.3) is 0 Å². The predicted octanol–water partition coefficient (Wildman–Crippen LogP) is 1.90. The van der Waals surface area contributed by atoms with Gasteiger partial charge < -0.3 is 14.2 Å². The zero-order valence-electron chi connectivity index (χ0n) is 9.24. The fourth-order valence-electron chi connectivity index (χ4n) is 1.95. The first kappa shape index (κ1) is 12.4. The minimum atomic E-state index is -0.217. The van der Waals surface area contributed by atoms with Crippen LogP contribution in [0.5, 0.6) is 0 Å². The van der Waals surface area contributed by atoms with Crippen LogP contribution >= 0.6 is 22.6 Å². The number of terminal acetylenes is 1. The van der Waals surface area contributed by atoms with Gasteiger partial charge in [-0.25, -0.2) is 0 Å². The molecule has 16 heavy (non-hydrogen) atoms. The molecule has 3 nitrogen and oxygen atoms in total. The third-order valence-corrected chi connectivity index (χ3v) is 4.12. The van der Waals surface area contributed by atoms with Crippen molar-refractivity contribution < 1.29 is 14.2 Å². The molecular weight excluding hydrogens is 319 g/mol. The van der Waals surface area contributed by atoms with Gasteiger partial charge in [-0.15, -0.1) is 6.42 Å². The maximum absolute atomic E-state index is 5.69. The normalized spacial score (nSPS) is 36.2. The number of rotatable bonds is 5. The van der Waals surface area contributed by atoms with Crippen LogP contribution in [-0.4, -0.2) is 37.6 Å². The molecule has 2 rings (SSSR count). The average Bonchev–Trinajstić information content (AvgIpc) is 2.89. The molecule has 0 unspecified atom stereocenters. The first-order valence-corrected chi connectivity index (χ1v) is 6.52. The highest BCUT2D eigenvalue weighted by atomic mass is 127. The zero-order valence-corrected chi connectivity index (χ0v) is 11.4. The van der Waals surface area contributed by atoms with Gasteiger partial charge in [0.05, 0.1) is 19.3 Å². The molecule has 4 heteroatoms. The Labute approximate surface area is 110 Å². The fourth-order valence-corrected chi connectivity index (χ4v) is 2.98. The Bertz CT molecular complexity index is 334. The van der Waals surface area contributed by atoms with Gasteiger partial charge in [0, 0.05) is 16.6 Å². The van der Waals surface area contributed by atoms with Gasteiger partial charge in [0.15, 0.2) is 6.10 Å². The van der Waals surface area contributed by atoms with E-state index in [1.807, 2.05) is 6.92 Å². The van der Waals surface area contributed by atoms with E-state index in [1.165, 1.54) is 3.58 Å². The third-order valence-electron chi connectivity index (χ3n) is 2.85. The molecular formula is C12H15IO3. The molecule has 1 aliphatic heterocycles. The molecule has 0 aromatic carbocycles. The smallest absolute Gasteiger partial charge is 0.152 e. The Morgan fingerprint density at radius 1 is 1.69 bits per heavy atom. The van der Waals surface area contributed by atoms with Crippen molar-refractivity contribution in [3.8, 4) is 12.3 Å². The minimum Gasteiger partial charge on any atom is -0.379 e. The predicted molar refractivity (Wildman–Crippen MR) is 69.4 cm³/mol. The SMILES string of the molecule is C#C[C@@H]1O[C@@]12C[C@H](OCCOCC)C=C2I. The molecule has 0 N–H and O–H groups in total. The molecule has 0 bridgehead atoms. The molecule has 0 saturated carbocycles. The lowest BCUT2D eigenvalue weighted by Gasteiger charge is -2.10. The molecule has 0 radical (unpaired) electrons. The molecule has 1 heterocycles. The summed E-state index contributed by atoms with van der Waals surface area (Å²) < 4.78 is 17.6. The molecule has 0 amide bonds. The van der Waals surface area contributed by atoms with E-state index in [0.717, 1.165) is 13.0 Å². The summed E-state index contributed by atoms with van der Waals surface area (Å²) in [5.74, 6) is 2.65. The van der Waals surface area contributed by atoms with Gasteiger partial charge in [-0.2, -0.15) is 0 Å². The summed E-state index contributed by atoms with van der Waals surface area (Å²) in [5.41, 5.74) is -0.217. The molecule has 88 valence electrons. The molecule has 0 aromatic rings. The Morgan fingerprint density at radius 2 is 2.50 bits per heavy atom. The lowest BCUT2D eigenvalue weighted by molar-refractivity contribution is 0.0224. The monoisotopic (exact) mass is 334 g/mol. The third kappa shape index (κ3) is 2.28. The van der Waals surface area contributed by atoms with Crippen molar-refractivity contribution in [3.05, 3.63) is 9.66 Å². The highest BCUT2D eigenvalue weighted by Crippen LogP contribution is 2.53. The average molecular weight is 334 g/mol. The van der Waals surface area contributed by atoms with E-state index in [1.54, 1.807) is 0 Å². The summed E-state index contributed by atoms with van der Waals surface area (Å²) in [5, 5.41) is 0. The van der Waals surface area contributed by atoms with Crippen molar-refractivity contribution in [2.24, 2.45) is 0 Å². The van der Waals surface area contributed by atoms with E-state index < -0.39 is 0 Å². The van der Waals surface area contributed by atoms with Crippen LogP contribution in [0.4, 0.5) is 0 Å². The molecule has 1 fully saturated rings. The number of epoxide rings is 1. The summed E-state index contributed by atoms with van der Waals surface area (Å²) in [7, 11) is 0. The van der Waals surface area contributed by atoms with Crippen molar-refractivity contribution in [1.82, 2.24) is 0 Å². The van der Waals surface area contributed by atoms with Gasteiger partial charge in [-0.3, -0.25) is 0 Å². The van der Waals surface area contributed by atoms with Crippen LogP contribution in [-0.2, 0) is 14.2 Å². The van der Waals surface area contributed by atoms with Crippen molar-refractivity contribution in [3.63, 3.8) is 0 Å². The number of hydrogen-bond donors (Lipinski definition) is 0. The van der Waals surface area contributed by atoms with Gasteiger partial charge in [0.1, 0.15) is 5.60 Å². The molecule has 0 aromatic heterocycles. The van der Waals surface area contributed by atoms with Gasteiger partial charge in [0.2, 0.25) is 0 Å². The lowest BCUT2D eigenvalue weighted by Crippen LogP contribution is -2.18. The van der Waals surface area contributed by atoms with Crippen LogP contribution in [0.25, 0.3) is 0 Å². The zero-order chi connectivity index (χ0) is 11.6. The van der Waals surface area contributed by atoms with Crippen molar-refractivity contribution >= 4 is 22.6 Å². The van der Waals surface area contributed by atoms with E-state index in [-0.39, 0.29) is 17.8 Å². The second-order valence-corrected chi connectivity index (χ2v) is 5.04. The number of hydrogen-bond acceptors (Lipinski definition) is 3. The second-order valence-electron chi connectivity index (χ2n) is 3.88. The largest absolute Gasteiger partial charge is 0.379 e. The van der Waals surface area contributed by atoms with E-state index in [0.29, 0.717) is 13.2 Å². The first-order chi connectivity index (χ1) is 7.73. The Morgan fingerprint density at radius 3 is 3.12 bits per heavy atom. The van der Waals surface area contributed by atoms with Gasteiger partial charge in [-0.1, -0.05) is 5.92 Å². The highest BCUT2D eigenvalue weighted by Gasteiger charge is 2.61. The van der Waals surface area contributed by atoms with E-state index in [2.05, 4.69) is 34.6 Å². The standard InChI is InChI=1S/C12H15IO3/c1-3-11-12(16-11)8-9(7-10(12)13)15-6-5-14-4-2/h1,7,9,11H,4-6,8H2,2H3/t9-,11+,12-/m1/s1.